The Morgan fingerprint density at radius 3 is 1.45 bits per heavy atom. The predicted molar refractivity (Wildman–Crippen MR) is 210 cm³/mol. The maximum absolute atomic E-state index is 13.1. The van der Waals surface area contributed by atoms with Crippen molar-refractivity contribution < 1.29 is 44.3 Å². The Kier molecular flexibility index (Phi) is 11.4. The summed E-state index contributed by atoms with van der Waals surface area (Å²) in [7, 11) is 0. The number of aromatic nitrogens is 8. The van der Waals surface area contributed by atoms with E-state index in [2.05, 4.69) is 30.1 Å². The molecule has 0 bridgehead atoms. The lowest BCUT2D eigenvalue weighted by Crippen LogP contribution is -2.23. The summed E-state index contributed by atoms with van der Waals surface area (Å²) >= 11 is 0. The molecule has 0 unspecified atom stereocenters. The first-order valence-electron chi connectivity index (χ1n) is 18.2. The smallest absolute Gasteiger partial charge is 0.399 e. The highest BCUT2D eigenvalue weighted by molar-refractivity contribution is 5.87. The number of alkyl halides is 9. The minimum Gasteiger partial charge on any atom is -0.399 e. The molecule has 62 heavy (non-hydrogen) atoms. The number of halogens is 9. The van der Waals surface area contributed by atoms with Gasteiger partial charge >= 0.3 is 18.5 Å². The molecule has 0 atom stereocenters. The number of pyridine rings is 4. The highest BCUT2D eigenvalue weighted by Crippen LogP contribution is 2.32. The summed E-state index contributed by atoms with van der Waals surface area (Å²) in [6, 6.07) is 23.8. The van der Waals surface area contributed by atoms with Gasteiger partial charge in [-0.3, -0.25) is 14.8 Å². The molecule has 21 heteroatoms. The Morgan fingerprint density at radius 1 is 0.565 bits per heavy atom. The van der Waals surface area contributed by atoms with E-state index in [-0.39, 0.29) is 36.0 Å². The number of nitrogens with zero attached hydrogens (tertiary/aromatic N) is 8. The molecule has 12 nitrogen and oxygen atoms in total. The average molecular weight is 864 g/mol. The highest BCUT2D eigenvalue weighted by Gasteiger charge is 2.37. The van der Waals surface area contributed by atoms with Gasteiger partial charge in [-0.05, 0) is 67.1 Å². The van der Waals surface area contributed by atoms with Gasteiger partial charge in [-0.25, -0.2) is 19.3 Å². The molecule has 6 heterocycles. The molecule has 0 spiro atoms. The zero-order chi connectivity index (χ0) is 44.6. The Hall–Kier alpha value is -7.42. The number of anilines is 2. The summed E-state index contributed by atoms with van der Waals surface area (Å²) in [5.41, 5.74) is 20.2. The number of hydrogen-bond acceptors (Lipinski definition) is 10. The normalized spacial score (nSPS) is 12.1. The molecule has 6 N–H and O–H groups in total. The number of nitrogen functional groups attached to an aromatic ring is 2. The summed E-state index contributed by atoms with van der Waals surface area (Å²) in [4.78, 5) is 27.3. The van der Waals surface area contributed by atoms with Crippen LogP contribution in [0.2, 0.25) is 0 Å². The van der Waals surface area contributed by atoms with Gasteiger partial charge in [-0.2, -0.15) is 49.7 Å². The number of hydrogen-bond donors (Lipinski definition) is 3. The Morgan fingerprint density at radius 2 is 1.02 bits per heavy atom. The Labute approximate surface area is 343 Å². The van der Waals surface area contributed by atoms with E-state index in [9.17, 15) is 44.3 Å². The van der Waals surface area contributed by atoms with Crippen molar-refractivity contribution in [1.82, 2.24) is 39.5 Å². The van der Waals surface area contributed by atoms with Gasteiger partial charge in [-0.15, -0.1) is 0 Å². The van der Waals surface area contributed by atoms with Crippen LogP contribution in [0.25, 0.3) is 56.0 Å². The predicted octanol–water partition coefficient (Wildman–Crippen LogP) is 8.69. The van der Waals surface area contributed by atoms with Gasteiger partial charge in [0.15, 0.2) is 11.6 Å². The van der Waals surface area contributed by atoms with E-state index in [0.29, 0.717) is 44.8 Å². The van der Waals surface area contributed by atoms with Crippen LogP contribution in [0, 0.1) is 0 Å². The highest BCUT2D eigenvalue weighted by atomic mass is 19.4. The molecule has 6 aromatic heterocycles. The maximum Gasteiger partial charge on any atom is 0.449 e. The van der Waals surface area contributed by atoms with Gasteiger partial charge in [0.2, 0.25) is 5.78 Å². The van der Waals surface area contributed by atoms with Crippen molar-refractivity contribution in [3.8, 4) is 34.2 Å². The Bertz CT molecular complexity index is 2940. The topological polar surface area (TPSA) is 182 Å². The number of nitrogens with two attached hydrogens (primary N) is 3. The third-order valence-corrected chi connectivity index (χ3v) is 9.15. The maximum atomic E-state index is 13.1. The van der Waals surface area contributed by atoms with Crippen molar-refractivity contribution in [2.45, 2.75) is 37.9 Å². The molecular formula is C41H30F9N11O. The number of rotatable bonds is 8. The lowest BCUT2D eigenvalue weighted by atomic mass is 10.1. The number of Topliss-reactive ketones (excluding diaryl/α,β-unsaturated/α-hetero) is 1. The second-order valence-corrected chi connectivity index (χ2v) is 13.6. The van der Waals surface area contributed by atoms with Gasteiger partial charge < -0.3 is 17.2 Å². The van der Waals surface area contributed by atoms with Crippen LogP contribution in [0.5, 0.6) is 0 Å². The first-order valence-corrected chi connectivity index (χ1v) is 18.2. The lowest BCUT2D eigenvalue weighted by molar-refractivity contribution is -0.171. The molecule has 0 radical (unpaired) electrons. The number of fused-ring (bicyclic) bond motifs is 2. The van der Waals surface area contributed by atoms with Crippen LogP contribution in [-0.2, 0) is 30.1 Å². The van der Waals surface area contributed by atoms with Crippen molar-refractivity contribution in [2.24, 2.45) is 5.73 Å². The molecule has 8 rings (SSSR count). The molecule has 0 amide bonds. The van der Waals surface area contributed by atoms with Crippen molar-refractivity contribution in [3.63, 3.8) is 0 Å². The standard InChI is InChI=1S/C22H15F6N5O.C19H15F3N6/c23-21(24,25)18-2-1-3-20(32-18)33-17-8-12(4-5-13(17)11-30-33)16-10-14(29)9-15(31-16)6-7-19(34)22(26,27)28;20-19(21,22)17-2-1-3-18(27-17)28-16-6-11(4-5-12(16)10-25-28)15-8-13(24)7-14(9-23)26-15/h1-5,8-11H,6-7H2,(H2,29,31);1-8,10H,9,23H2,(H2,24,26). The van der Waals surface area contributed by atoms with E-state index in [4.69, 9.17) is 17.2 Å². The molecular weight excluding hydrogens is 834 g/mol. The van der Waals surface area contributed by atoms with Crippen LogP contribution in [0.1, 0.15) is 29.2 Å². The van der Waals surface area contributed by atoms with Crippen LogP contribution in [-0.4, -0.2) is 51.5 Å². The van der Waals surface area contributed by atoms with Crippen molar-refractivity contribution in [2.75, 3.05) is 11.5 Å². The monoisotopic (exact) mass is 863 g/mol. The van der Waals surface area contributed by atoms with Gasteiger partial charge in [0, 0.05) is 51.9 Å². The number of aryl methyl sites for hydroxylation is 1. The first kappa shape index (κ1) is 42.7. The molecule has 0 aliphatic heterocycles. The van der Waals surface area contributed by atoms with Crippen LogP contribution in [0.3, 0.4) is 0 Å². The number of carbonyl (C=O) groups is 1. The van der Waals surface area contributed by atoms with E-state index < -0.39 is 42.1 Å². The molecule has 8 aromatic rings. The van der Waals surface area contributed by atoms with Crippen LogP contribution in [0.15, 0.2) is 109 Å². The van der Waals surface area contributed by atoms with E-state index in [1.54, 1.807) is 42.6 Å². The van der Waals surface area contributed by atoms with Crippen LogP contribution in [0.4, 0.5) is 50.9 Å². The van der Waals surface area contributed by atoms with Gasteiger partial charge in [0.1, 0.15) is 11.4 Å². The van der Waals surface area contributed by atoms with E-state index in [0.717, 1.165) is 23.1 Å². The summed E-state index contributed by atoms with van der Waals surface area (Å²) in [5.74, 6) is -1.84. The molecule has 0 fully saturated rings. The van der Waals surface area contributed by atoms with Gasteiger partial charge in [0.05, 0.1) is 40.5 Å². The molecule has 0 saturated carbocycles. The van der Waals surface area contributed by atoms with E-state index >= 15 is 0 Å². The SMILES string of the molecule is NCc1cc(N)cc(-c2ccc3cnn(-c4cccc(C(F)(F)F)n4)c3c2)n1.Nc1cc(CCC(=O)C(F)(F)F)nc(-c2ccc3cnn(-c4cccc(C(F)(F)F)n4)c3c2)c1. The summed E-state index contributed by atoms with van der Waals surface area (Å²) in [5, 5.41) is 9.69. The minimum absolute atomic E-state index is 0.0474. The van der Waals surface area contributed by atoms with Crippen molar-refractivity contribution in [1.29, 1.82) is 0 Å². The quantitative estimate of drug-likeness (QED) is 0.125. The molecule has 0 aliphatic rings. The van der Waals surface area contributed by atoms with E-state index in [1.807, 2.05) is 12.1 Å². The third kappa shape index (κ3) is 9.46. The average Bonchev–Trinajstić information content (AvgIpc) is 3.86. The molecule has 0 aliphatic carbocycles. The fourth-order valence-electron chi connectivity index (χ4n) is 6.25. The molecule has 318 valence electrons. The zero-order valence-electron chi connectivity index (χ0n) is 31.6. The Balaban J connectivity index is 0.000000190. The van der Waals surface area contributed by atoms with E-state index in [1.165, 1.54) is 52.0 Å². The minimum atomic E-state index is -4.93. The van der Waals surface area contributed by atoms with Gasteiger partial charge in [-0.1, -0.05) is 36.4 Å². The second-order valence-electron chi connectivity index (χ2n) is 13.6. The van der Waals surface area contributed by atoms with Crippen LogP contribution < -0.4 is 17.2 Å². The lowest BCUT2D eigenvalue weighted by Gasteiger charge is -2.10. The van der Waals surface area contributed by atoms with Crippen molar-refractivity contribution in [3.05, 3.63) is 132 Å². The van der Waals surface area contributed by atoms with Crippen molar-refractivity contribution >= 4 is 39.0 Å². The van der Waals surface area contributed by atoms with Gasteiger partial charge in [0.25, 0.3) is 0 Å². The summed E-state index contributed by atoms with van der Waals surface area (Å²) in [6.45, 7) is 0.242. The zero-order valence-corrected chi connectivity index (χ0v) is 31.6. The van der Waals surface area contributed by atoms with Crippen LogP contribution >= 0.6 is 0 Å². The summed E-state index contributed by atoms with van der Waals surface area (Å²) < 4.78 is 118. The molecule has 2 aromatic carbocycles. The third-order valence-electron chi connectivity index (χ3n) is 9.15. The largest absolute Gasteiger partial charge is 0.449 e. The number of benzene rings is 2. The number of ketones is 1. The first-order chi connectivity index (χ1) is 29.3. The molecule has 0 saturated heterocycles. The summed E-state index contributed by atoms with van der Waals surface area (Å²) in [6.07, 6.45) is -12.1. The number of carbonyl (C=O) groups excluding carboxylic acids is 1. The fourth-order valence-corrected chi connectivity index (χ4v) is 6.25. The second kappa shape index (κ2) is 16.6. The fraction of sp³-hybridized carbons (Fsp3) is 0.146.